The predicted octanol–water partition coefficient (Wildman–Crippen LogP) is 1.50. The number of hydrogen-bond donors (Lipinski definition) is 2. The third-order valence-electron chi connectivity index (χ3n) is 3.06. The monoisotopic (exact) mass is 302 g/mol. The van der Waals surface area contributed by atoms with Gasteiger partial charge in [0.25, 0.3) is 5.91 Å². The van der Waals surface area contributed by atoms with Gasteiger partial charge in [-0.1, -0.05) is 13.8 Å². The lowest BCUT2D eigenvalue weighted by atomic mass is 10.0. The van der Waals surface area contributed by atoms with Crippen molar-refractivity contribution in [2.75, 3.05) is 0 Å². The average Bonchev–Trinajstić information content (AvgIpc) is 3.00. The van der Waals surface area contributed by atoms with Gasteiger partial charge >= 0.3 is 5.97 Å². The van der Waals surface area contributed by atoms with Crippen LogP contribution in [0.2, 0.25) is 0 Å². The molecule has 2 rings (SSSR count). The topological polar surface area (TPSA) is 97.1 Å². The first-order valence-corrected chi connectivity index (χ1v) is 6.97. The van der Waals surface area contributed by atoms with Crippen LogP contribution in [0.3, 0.4) is 0 Å². The molecular weight excluding hydrogens is 284 g/mol. The van der Waals surface area contributed by atoms with Crippen molar-refractivity contribution in [2.45, 2.75) is 26.3 Å². The molecule has 0 aliphatic heterocycles. The number of hydrogen-bond acceptors (Lipinski definition) is 4. The van der Waals surface area contributed by atoms with Crippen LogP contribution in [0.5, 0.6) is 0 Å². The molecule has 0 bridgehead atoms. The molecule has 0 saturated heterocycles. The summed E-state index contributed by atoms with van der Waals surface area (Å²) in [5, 5.41) is 15.8. The van der Waals surface area contributed by atoms with Gasteiger partial charge in [0.2, 0.25) is 0 Å². The van der Waals surface area contributed by atoms with E-state index in [2.05, 4.69) is 15.4 Å². The maximum atomic E-state index is 12.2. The van der Waals surface area contributed by atoms with Crippen LogP contribution in [-0.4, -0.2) is 37.8 Å². The molecule has 2 aromatic heterocycles. The van der Waals surface area contributed by atoms with E-state index in [1.165, 1.54) is 16.9 Å². The molecule has 0 aliphatic rings. The van der Waals surface area contributed by atoms with Crippen molar-refractivity contribution in [3.05, 3.63) is 42.4 Å². The number of carbonyl (C=O) groups is 2. The minimum atomic E-state index is -1.04. The number of carboxylic acid groups (broad SMARTS) is 1. The summed E-state index contributed by atoms with van der Waals surface area (Å²) in [5.74, 6) is -0.820. The van der Waals surface area contributed by atoms with E-state index in [9.17, 15) is 14.7 Å². The molecule has 0 aromatic carbocycles. The molecular formula is C15H18N4O3. The molecule has 0 radical (unpaired) electrons. The number of amides is 1. The summed E-state index contributed by atoms with van der Waals surface area (Å²) in [5.41, 5.74) is 0.343. The highest BCUT2D eigenvalue weighted by molar-refractivity contribution is 5.96. The predicted molar refractivity (Wildman–Crippen MR) is 79.7 cm³/mol. The first kappa shape index (κ1) is 15.7. The quantitative estimate of drug-likeness (QED) is 0.842. The van der Waals surface area contributed by atoms with E-state index in [0.717, 1.165) is 0 Å². The molecule has 0 fully saturated rings. The van der Waals surface area contributed by atoms with Gasteiger partial charge < -0.3 is 10.4 Å². The van der Waals surface area contributed by atoms with Crippen molar-refractivity contribution in [1.29, 1.82) is 0 Å². The molecule has 0 saturated carbocycles. The molecule has 116 valence electrons. The van der Waals surface area contributed by atoms with Crippen molar-refractivity contribution in [3.63, 3.8) is 0 Å². The van der Waals surface area contributed by atoms with Gasteiger partial charge in [-0.2, -0.15) is 5.10 Å². The third kappa shape index (κ3) is 3.91. The summed E-state index contributed by atoms with van der Waals surface area (Å²) in [6, 6.07) is 3.94. The number of aliphatic carboxylic acids is 1. The van der Waals surface area contributed by atoms with Crippen LogP contribution in [0.4, 0.5) is 0 Å². The van der Waals surface area contributed by atoms with Gasteiger partial charge in [-0.25, -0.2) is 14.5 Å². The molecule has 7 nitrogen and oxygen atoms in total. The fraction of sp³-hybridized carbons (Fsp3) is 0.333. The molecule has 22 heavy (non-hydrogen) atoms. The van der Waals surface area contributed by atoms with Crippen LogP contribution >= 0.6 is 0 Å². The average molecular weight is 302 g/mol. The van der Waals surface area contributed by atoms with Crippen LogP contribution in [0.1, 0.15) is 30.6 Å². The summed E-state index contributed by atoms with van der Waals surface area (Å²) in [7, 11) is 0. The fourth-order valence-electron chi connectivity index (χ4n) is 2.02. The maximum Gasteiger partial charge on any atom is 0.326 e. The van der Waals surface area contributed by atoms with Gasteiger partial charge in [0.1, 0.15) is 6.04 Å². The normalized spacial score (nSPS) is 12.1. The number of carbonyl (C=O) groups excluding carboxylic acids is 1. The van der Waals surface area contributed by atoms with Gasteiger partial charge in [-0.05, 0) is 30.5 Å². The van der Waals surface area contributed by atoms with Crippen molar-refractivity contribution >= 4 is 11.9 Å². The first-order chi connectivity index (χ1) is 10.5. The number of nitrogens with zero attached hydrogens (tertiary/aromatic N) is 3. The SMILES string of the molecule is CC(C)CC(NC(=O)c1ccnc(-n2cccn2)c1)C(=O)O. The zero-order valence-corrected chi connectivity index (χ0v) is 12.4. The Hall–Kier alpha value is -2.70. The highest BCUT2D eigenvalue weighted by Gasteiger charge is 2.22. The van der Waals surface area contributed by atoms with Crippen LogP contribution in [0.25, 0.3) is 5.82 Å². The maximum absolute atomic E-state index is 12.2. The molecule has 2 aromatic rings. The molecule has 1 amide bonds. The zero-order chi connectivity index (χ0) is 16.1. The standard InChI is InChI=1S/C15H18N4O3/c1-10(2)8-12(15(21)22)18-14(20)11-4-6-16-13(9-11)19-7-3-5-17-19/h3-7,9-10,12H,8H2,1-2H3,(H,18,20)(H,21,22). The molecule has 2 N–H and O–H groups in total. The second-order valence-electron chi connectivity index (χ2n) is 5.35. The van der Waals surface area contributed by atoms with Crippen LogP contribution in [0, 0.1) is 5.92 Å². The van der Waals surface area contributed by atoms with Gasteiger partial charge in [0.05, 0.1) is 0 Å². The zero-order valence-electron chi connectivity index (χ0n) is 12.4. The van der Waals surface area contributed by atoms with Gasteiger partial charge in [-0.15, -0.1) is 0 Å². The lowest BCUT2D eigenvalue weighted by molar-refractivity contribution is -0.139. The van der Waals surface area contributed by atoms with E-state index in [1.54, 1.807) is 24.5 Å². The summed E-state index contributed by atoms with van der Waals surface area (Å²) >= 11 is 0. The Morgan fingerprint density at radius 1 is 1.36 bits per heavy atom. The van der Waals surface area contributed by atoms with Gasteiger partial charge in [0.15, 0.2) is 5.82 Å². The van der Waals surface area contributed by atoms with E-state index >= 15 is 0 Å². The summed E-state index contributed by atoms with van der Waals surface area (Å²) in [6.45, 7) is 3.81. The minimum absolute atomic E-state index is 0.165. The Balaban J connectivity index is 2.15. The smallest absolute Gasteiger partial charge is 0.326 e. The second-order valence-corrected chi connectivity index (χ2v) is 5.35. The van der Waals surface area contributed by atoms with E-state index in [4.69, 9.17) is 0 Å². The molecule has 0 aliphatic carbocycles. The van der Waals surface area contributed by atoms with Crippen molar-refractivity contribution < 1.29 is 14.7 Å². The van der Waals surface area contributed by atoms with Crippen LogP contribution < -0.4 is 5.32 Å². The van der Waals surface area contributed by atoms with Crippen molar-refractivity contribution in [2.24, 2.45) is 5.92 Å². The number of aromatic nitrogens is 3. The molecule has 0 spiro atoms. The van der Waals surface area contributed by atoms with Crippen molar-refractivity contribution in [1.82, 2.24) is 20.1 Å². The van der Waals surface area contributed by atoms with Crippen LogP contribution in [0.15, 0.2) is 36.8 Å². The summed E-state index contributed by atoms with van der Waals surface area (Å²) < 4.78 is 1.53. The largest absolute Gasteiger partial charge is 0.480 e. The number of pyridine rings is 1. The lowest BCUT2D eigenvalue weighted by Crippen LogP contribution is -2.41. The highest BCUT2D eigenvalue weighted by atomic mass is 16.4. The molecule has 2 heterocycles. The Morgan fingerprint density at radius 3 is 2.73 bits per heavy atom. The summed E-state index contributed by atoms with van der Waals surface area (Å²) in [4.78, 5) is 27.6. The van der Waals surface area contributed by atoms with Gasteiger partial charge in [-0.3, -0.25) is 4.79 Å². The Kier molecular flexibility index (Phi) is 4.88. The number of carboxylic acids is 1. The Labute approximate surface area is 128 Å². The van der Waals surface area contributed by atoms with E-state index < -0.39 is 17.9 Å². The number of rotatable bonds is 6. The Morgan fingerprint density at radius 2 is 2.14 bits per heavy atom. The molecule has 1 unspecified atom stereocenters. The second kappa shape index (κ2) is 6.84. The minimum Gasteiger partial charge on any atom is -0.480 e. The number of nitrogens with one attached hydrogen (secondary N) is 1. The van der Waals surface area contributed by atoms with Crippen molar-refractivity contribution in [3.8, 4) is 5.82 Å². The fourth-order valence-corrected chi connectivity index (χ4v) is 2.02. The van der Waals surface area contributed by atoms with E-state index in [1.807, 2.05) is 13.8 Å². The molecule has 7 heteroatoms. The van der Waals surface area contributed by atoms with Gasteiger partial charge in [0, 0.05) is 24.2 Å². The lowest BCUT2D eigenvalue weighted by Gasteiger charge is -2.16. The molecule has 1 atom stereocenters. The third-order valence-corrected chi connectivity index (χ3v) is 3.06. The van der Waals surface area contributed by atoms with E-state index in [0.29, 0.717) is 17.8 Å². The summed E-state index contributed by atoms with van der Waals surface area (Å²) in [6.07, 6.45) is 5.18. The Bertz CT molecular complexity index is 653. The van der Waals surface area contributed by atoms with Crippen LogP contribution in [-0.2, 0) is 4.79 Å². The van der Waals surface area contributed by atoms with E-state index in [-0.39, 0.29) is 5.92 Å². The first-order valence-electron chi connectivity index (χ1n) is 6.97. The highest BCUT2D eigenvalue weighted by Crippen LogP contribution is 2.09.